The van der Waals surface area contributed by atoms with Gasteiger partial charge in [0.2, 0.25) is 0 Å². The molecule has 3 rings (SSSR count). The molecule has 0 aromatic heterocycles. The minimum absolute atomic E-state index is 0.288. The number of nitrogens with zero attached hydrogens (tertiary/aromatic N) is 1. The van der Waals surface area contributed by atoms with Gasteiger partial charge in [-0.25, -0.2) is 0 Å². The van der Waals surface area contributed by atoms with Crippen molar-refractivity contribution in [2.75, 3.05) is 0 Å². The summed E-state index contributed by atoms with van der Waals surface area (Å²) in [6.07, 6.45) is 14.6. The molecule has 2 aliphatic heterocycles. The van der Waals surface area contributed by atoms with E-state index in [1.807, 2.05) is 18.2 Å². The van der Waals surface area contributed by atoms with Gasteiger partial charge < -0.3 is 10.0 Å². The Hall–Kier alpha value is -1.75. The van der Waals surface area contributed by atoms with Crippen molar-refractivity contribution in [3.63, 3.8) is 0 Å². The van der Waals surface area contributed by atoms with Crippen molar-refractivity contribution in [2.45, 2.75) is 0 Å². The van der Waals surface area contributed by atoms with E-state index in [0.717, 1.165) is 16.8 Å². The maximum Gasteiger partial charge on any atom is 0.115 e. The van der Waals surface area contributed by atoms with Gasteiger partial charge in [-0.15, -0.1) is 0 Å². The number of phenols is 1. The van der Waals surface area contributed by atoms with Crippen LogP contribution in [-0.4, -0.2) is 10.0 Å². The van der Waals surface area contributed by atoms with Crippen molar-refractivity contribution < 1.29 is 5.11 Å². The van der Waals surface area contributed by atoms with Crippen molar-refractivity contribution in [3.05, 3.63) is 81.9 Å². The van der Waals surface area contributed by atoms with E-state index >= 15 is 0 Å². The predicted molar refractivity (Wildman–Crippen MR) is 86.4 cm³/mol. The Morgan fingerprint density at radius 3 is 2.53 bits per heavy atom. The summed E-state index contributed by atoms with van der Waals surface area (Å²) in [4.78, 5) is 2.12. The van der Waals surface area contributed by atoms with Gasteiger partial charge in [0.25, 0.3) is 0 Å². The highest BCUT2D eigenvalue weighted by Crippen LogP contribution is 2.27. The molecule has 0 bridgehead atoms. The second-order valence-electron chi connectivity index (χ2n) is 4.34. The van der Waals surface area contributed by atoms with Gasteiger partial charge in [0.05, 0.1) is 0 Å². The lowest BCUT2D eigenvalue weighted by atomic mass is 10.1. The quantitative estimate of drug-likeness (QED) is 0.753. The zero-order chi connectivity index (χ0) is 13.2. The first-order valence-electron chi connectivity index (χ1n) is 5.96. The number of phenolic OH excluding ortho intramolecular Hbond substituents is 1. The first kappa shape index (κ1) is 12.3. The van der Waals surface area contributed by atoms with E-state index in [4.69, 9.17) is 0 Å². The topological polar surface area (TPSA) is 23.5 Å². The number of halogens is 1. The molecule has 19 heavy (non-hydrogen) atoms. The molecule has 0 spiro atoms. The van der Waals surface area contributed by atoms with Crippen molar-refractivity contribution in [2.24, 2.45) is 0 Å². The van der Waals surface area contributed by atoms with Crippen LogP contribution in [0.1, 0.15) is 5.56 Å². The largest absolute Gasteiger partial charge is 0.508 e. The van der Waals surface area contributed by atoms with Crippen LogP contribution in [0.4, 0.5) is 0 Å². The van der Waals surface area contributed by atoms with Crippen molar-refractivity contribution >= 4 is 28.2 Å². The fourth-order valence-corrected chi connectivity index (χ4v) is 2.50. The molecule has 2 heterocycles. The number of rotatable bonds is 1. The molecule has 0 saturated carbocycles. The molecule has 1 aromatic carbocycles. The van der Waals surface area contributed by atoms with Crippen LogP contribution >= 0.6 is 22.6 Å². The molecule has 0 amide bonds. The van der Waals surface area contributed by atoms with Gasteiger partial charge in [-0.3, -0.25) is 0 Å². The molecular formula is C16H12INO. The van der Waals surface area contributed by atoms with Crippen LogP contribution in [0.2, 0.25) is 0 Å². The molecular weight excluding hydrogens is 349 g/mol. The van der Waals surface area contributed by atoms with Gasteiger partial charge in [0.1, 0.15) is 5.75 Å². The lowest BCUT2D eigenvalue weighted by Gasteiger charge is -2.20. The van der Waals surface area contributed by atoms with E-state index in [9.17, 15) is 5.11 Å². The SMILES string of the molecule is Oc1ccc(C2=CN3C=C(I)C=CC3=CC=C2)cc1. The van der Waals surface area contributed by atoms with Crippen LogP contribution in [0.25, 0.3) is 5.57 Å². The van der Waals surface area contributed by atoms with Gasteiger partial charge in [0.15, 0.2) is 0 Å². The van der Waals surface area contributed by atoms with Gasteiger partial charge in [-0.1, -0.05) is 24.3 Å². The van der Waals surface area contributed by atoms with Crippen LogP contribution in [0, 0.1) is 0 Å². The summed E-state index contributed by atoms with van der Waals surface area (Å²) in [5.74, 6) is 0.288. The van der Waals surface area contributed by atoms with Crippen molar-refractivity contribution in [1.29, 1.82) is 0 Å². The van der Waals surface area contributed by atoms with Gasteiger partial charge >= 0.3 is 0 Å². The van der Waals surface area contributed by atoms with E-state index in [-0.39, 0.29) is 5.75 Å². The maximum absolute atomic E-state index is 9.35. The molecule has 94 valence electrons. The molecule has 0 atom stereocenters. The Labute approximate surface area is 125 Å². The van der Waals surface area contributed by atoms with E-state index in [2.05, 4.69) is 64.2 Å². The number of benzene rings is 1. The van der Waals surface area contributed by atoms with Gasteiger partial charge in [0, 0.05) is 21.7 Å². The smallest absolute Gasteiger partial charge is 0.115 e. The monoisotopic (exact) mass is 361 g/mol. The minimum Gasteiger partial charge on any atom is -0.508 e. The molecule has 0 fully saturated rings. The molecule has 1 N–H and O–H groups in total. The highest BCUT2D eigenvalue weighted by molar-refractivity contribution is 14.1. The van der Waals surface area contributed by atoms with Crippen molar-refractivity contribution in [1.82, 2.24) is 4.90 Å². The third-order valence-corrected chi connectivity index (χ3v) is 3.63. The van der Waals surface area contributed by atoms with E-state index in [1.165, 1.54) is 3.58 Å². The third-order valence-electron chi connectivity index (χ3n) is 3.00. The second-order valence-corrected chi connectivity index (χ2v) is 5.58. The van der Waals surface area contributed by atoms with E-state index in [0.29, 0.717) is 0 Å². The number of allylic oxidation sites excluding steroid dienone is 7. The number of aromatic hydroxyl groups is 1. The summed E-state index contributed by atoms with van der Waals surface area (Å²) in [6, 6.07) is 7.26. The number of hydrogen-bond acceptors (Lipinski definition) is 2. The summed E-state index contributed by atoms with van der Waals surface area (Å²) in [5.41, 5.74) is 3.34. The first-order valence-corrected chi connectivity index (χ1v) is 7.03. The van der Waals surface area contributed by atoms with Crippen LogP contribution in [0.3, 0.4) is 0 Å². The normalized spacial score (nSPS) is 17.3. The summed E-state index contributed by atoms with van der Waals surface area (Å²) in [6.45, 7) is 0. The average Bonchev–Trinajstić information content (AvgIpc) is 2.61. The van der Waals surface area contributed by atoms with Crippen LogP contribution in [0.15, 0.2) is 76.3 Å². The third kappa shape index (κ3) is 2.66. The molecule has 0 saturated heterocycles. The summed E-state index contributed by atoms with van der Waals surface area (Å²) in [5, 5.41) is 9.35. The number of fused-ring (bicyclic) bond motifs is 1. The Morgan fingerprint density at radius 2 is 1.74 bits per heavy atom. The minimum atomic E-state index is 0.288. The Morgan fingerprint density at radius 1 is 0.947 bits per heavy atom. The molecule has 1 aromatic rings. The van der Waals surface area contributed by atoms with Crippen LogP contribution < -0.4 is 0 Å². The van der Waals surface area contributed by atoms with Crippen LogP contribution in [0.5, 0.6) is 5.75 Å². The van der Waals surface area contributed by atoms with Crippen molar-refractivity contribution in [3.8, 4) is 5.75 Å². The standard InChI is InChI=1S/C16H12INO/c17-14-6-7-15-3-1-2-13(10-18(15)11-14)12-4-8-16(19)9-5-12/h1-11,19H. The Kier molecular flexibility index (Phi) is 3.29. The number of hydrogen-bond donors (Lipinski definition) is 1. The average molecular weight is 361 g/mol. The molecule has 0 radical (unpaired) electrons. The van der Waals surface area contributed by atoms with E-state index < -0.39 is 0 Å². The molecule has 0 aliphatic carbocycles. The molecule has 2 aliphatic rings. The maximum atomic E-state index is 9.35. The molecule has 2 nitrogen and oxygen atoms in total. The summed E-state index contributed by atoms with van der Waals surface area (Å²) >= 11 is 2.31. The van der Waals surface area contributed by atoms with Gasteiger partial charge in [-0.05, 0) is 64.1 Å². The predicted octanol–water partition coefficient (Wildman–Crippen LogP) is 4.34. The summed E-state index contributed by atoms with van der Waals surface area (Å²) < 4.78 is 1.19. The Balaban J connectivity index is 2.00. The molecule has 0 unspecified atom stereocenters. The zero-order valence-electron chi connectivity index (χ0n) is 10.1. The van der Waals surface area contributed by atoms with Crippen LogP contribution in [-0.2, 0) is 0 Å². The molecule has 3 heteroatoms. The van der Waals surface area contributed by atoms with Gasteiger partial charge in [-0.2, -0.15) is 0 Å². The van der Waals surface area contributed by atoms with E-state index in [1.54, 1.807) is 12.1 Å². The summed E-state index contributed by atoms with van der Waals surface area (Å²) in [7, 11) is 0. The highest BCUT2D eigenvalue weighted by atomic mass is 127. The Bertz CT molecular complexity index is 648. The second kappa shape index (κ2) is 5.09. The lowest BCUT2D eigenvalue weighted by Crippen LogP contribution is -2.10. The zero-order valence-corrected chi connectivity index (χ0v) is 12.3. The fraction of sp³-hybridized carbons (Fsp3) is 0. The fourth-order valence-electron chi connectivity index (χ4n) is 2.02. The lowest BCUT2D eigenvalue weighted by molar-refractivity contribution is 0.475. The first-order chi connectivity index (χ1) is 9.22. The highest BCUT2D eigenvalue weighted by Gasteiger charge is 2.10.